The van der Waals surface area contributed by atoms with Crippen LogP contribution in [0.1, 0.15) is 17.3 Å². The quantitative estimate of drug-likeness (QED) is 0.836. The summed E-state index contributed by atoms with van der Waals surface area (Å²) in [7, 11) is 0. The van der Waals surface area contributed by atoms with Gasteiger partial charge in [-0.25, -0.2) is 0 Å². The lowest BCUT2D eigenvalue weighted by atomic mass is 10.1. The summed E-state index contributed by atoms with van der Waals surface area (Å²) in [4.78, 5) is 21.9. The molecule has 0 atom stereocenters. The SMILES string of the molecule is CC(=O)Nc1ccc(Cl)cc1C(=O)C(F)(F)F. The summed E-state index contributed by atoms with van der Waals surface area (Å²) in [6, 6.07) is 3.28. The van der Waals surface area contributed by atoms with Gasteiger partial charge in [-0.2, -0.15) is 13.2 Å². The Bertz CT molecular complexity index is 471. The summed E-state index contributed by atoms with van der Waals surface area (Å²) < 4.78 is 36.8. The summed E-state index contributed by atoms with van der Waals surface area (Å²) >= 11 is 5.52. The summed E-state index contributed by atoms with van der Waals surface area (Å²) in [5.74, 6) is -2.63. The lowest BCUT2D eigenvalue weighted by molar-refractivity contribution is -0.114. The number of carbonyl (C=O) groups excluding carboxylic acids is 2. The molecule has 0 heterocycles. The molecule has 1 rings (SSSR count). The third kappa shape index (κ3) is 3.45. The summed E-state index contributed by atoms with van der Waals surface area (Å²) in [6.45, 7) is 1.12. The van der Waals surface area contributed by atoms with E-state index in [0.717, 1.165) is 19.1 Å². The number of benzene rings is 1. The van der Waals surface area contributed by atoms with E-state index in [1.165, 1.54) is 6.07 Å². The molecule has 1 N–H and O–H groups in total. The van der Waals surface area contributed by atoms with Gasteiger partial charge in [0.2, 0.25) is 5.91 Å². The molecule has 0 spiro atoms. The summed E-state index contributed by atoms with van der Waals surface area (Å²) in [6.07, 6.45) is -5.02. The lowest BCUT2D eigenvalue weighted by Gasteiger charge is -2.11. The van der Waals surface area contributed by atoms with Crippen LogP contribution in [0.2, 0.25) is 5.02 Å². The highest BCUT2D eigenvalue weighted by molar-refractivity contribution is 6.31. The van der Waals surface area contributed by atoms with E-state index < -0.39 is 23.4 Å². The van der Waals surface area contributed by atoms with Gasteiger partial charge in [-0.15, -0.1) is 0 Å². The first-order valence-electron chi connectivity index (χ1n) is 4.40. The fraction of sp³-hybridized carbons (Fsp3) is 0.200. The van der Waals surface area contributed by atoms with Gasteiger partial charge < -0.3 is 5.32 Å². The fourth-order valence-corrected chi connectivity index (χ4v) is 1.33. The van der Waals surface area contributed by atoms with Crippen LogP contribution >= 0.6 is 11.6 Å². The third-order valence-corrected chi connectivity index (χ3v) is 2.03. The first-order chi connectivity index (χ1) is 7.71. The number of alkyl halides is 3. The highest BCUT2D eigenvalue weighted by Gasteiger charge is 2.40. The van der Waals surface area contributed by atoms with Gasteiger partial charge in [-0.1, -0.05) is 11.6 Å². The molecule has 3 nitrogen and oxygen atoms in total. The number of hydrogen-bond acceptors (Lipinski definition) is 2. The zero-order valence-corrected chi connectivity index (χ0v) is 9.32. The van der Waals surface area contributed by atoms with Crippen molar-refractivity contribution >= 4 is 29.0 Å². The van der Waals surface area contributed by atoms with Crippen LogP contribution in [0, 0.1) is 0 Å². The Labute approximate surface area is 99.6 Å². The molecule has 0 aliphatic heterocycles. The van der Waals surface area contributed by atoms with Crippen molar-refractivity contribution in [1.29, 1.82) is 0 Å². The van der Waals surface area contributed by atoms with Crippen LogP contribution < -0.4 is 5.32 Å². The molecule has 1 aromatic carbocycles. The highest BCUT2D eigenvalue weighted by atomic mass is 35.5. The standard InChI is InChI=1S/C10H7ClF3NO2/c1-5(16)15-8-3-2-6(11)4-7(8)9(17)10(12,13)14/h2-4H,1H3,(H,15,16). The van der Waals surface area contributed by atoms with Crippen LogP contribution in [0.3, 0.4) is 0 Å². The molecule has 0 aliphatic carbocycles. The number of rotatable bonds is 2. The second-order valence-electron chi connectivity index (χ2n) is 3.20. The van der Waals surface area contributed by atoms with E-state index in [2.05, 4.69) is 5.32 Å². The van der Waals surface area contributed by atoms with Crippen molar-refractivity contribution in [3.05, 3.63) is 28.8 Å². The monoisotopic (exact) mass is 265 g/mol. The minimum absolute atomic E-state index is 0.0216. The molecule has 1 aromatic rings. The molecule has 0 bridgehead atoms. The first kappa shape index (κ1) is 13.5. The molecule has 0 aromatic heterocycles. The number of nitrogens with one attached hydrogen (secondary N) is 1. The number of anilines is 1. The molecule has 0 fully saturated rings. The molecule has 0 aliphatic rings. The van der Waals surface area contributed by atoms with Crippen LogP contribution in [-0.4, -0.2) is 17.9 Å². The second-order valence-corrected chi connectivity index (χ2v) is 3.63. The fourth-order valence-electron chi connectivity index (χ4n) is 1.16. The Kier molecular flexibility index (Phi) is 3.77. The Morgan fingerprint density at radius 2 is 1.88 bits per heavy atom. The smallest absolute Gasteiger partial charge is 0.326 e. The van der Waals surface area contributed by atoms with Gasteiger partial charge in [-0.05, 0) is 18.2 Å². The molecule has 0 saturated carbocycles. The molecular formula is C10H7ClF3NO2. The van der Waals surface area contributed by atoms with E-state index in [1.54, 1.807) is 0 Å². The minimum Gasteiger partial charge on any atom is -0.326 e. The zero-order valence-electron chi connectivity index (χ0n) is 8.56. The third-order valence-electron chi connectivity index (χ3n) is 1.79. The molecule has 17 heavy (non-hydrogen) atoms. The molecule has 0 radical (unpaired) electrons. The van der Waals surface area contributed by atoms with Crippen molar-refractivity contribution in [2.24, 2.45) is 0 Å². The van der Waals surface area contributed by atoms with E-state index in [9.17, 15) is 22.8 Å². The number of amides is 1. The van der Waals surface area contributed by atoms with Gasteiger partial charge in [-0.3, -0.25) is 9.59 Å². The summed E-state index contributed by atoms with van der Waals surface area (Å²) in [5, 5.41) is 2.11. The van der Waals surface area contributed by atoms with Crippen molar-refractivity contribution in [2.45, 2.75) is 13.1 Å². The van der Waals surface area contributed by atoms with E-state index in [-0.39, 0.29) is 10.7 Å². The van der Waals surface area contributed by atoms with Crippen LogP contribution in [0.25, 0.3) is 0 Å². The number of hydrogen-bond donors (Lipinski definition) is 1. The minimum atomic E-state index is -5.02. The second kappa shape index (κ2) is 4.75. The van der Waals surface area contributed by atoms with Crippen LogP contribution in [0.15, 0.2) is 18.2 Å². The Hall–Kier alpha value is -1.56. The van der Waals surface area contributed by atoms with Gasteiger partial charge in [0.25, 0.3) is 5.78 Å². The van der Waals surface area contributed by atoms with Crippen LogP contribution in [0.5, 0.6) is 0 Å². The average Bonchev–Trinajstić information content (AvgIpc) is 2.17. The van der Waals surface area contributed by atoms with Gasteiger partial charge >= 0.3 is 6.18 Å². The number of carbonyl (C=O) groups is 2. The van der Waals surface area contributed by atoms with Crippen LogP contribution in [0.4, 0.5) is 18.9 Å². The molecule has 0 saturated heterocycles. The molecular weight excluding hydrogens is 259 g/mol. The molecule has 92 valence electrons. The predicted molar refractivity (Wildman–Crippen MR) is 56.1 cm³/mol. The van der Waals surface area contributed by atoms with Crippen molar-refractivity contribution in [3.8, 4) is 0 Å². The summed E-state index contributed by atoms with van der Waals surface area (Å²) in [5.41, 5.74) is -0.899. The van der Waals surface area contributed by atoms with Gasteiger partial charge in [0, 0.05) is 11.9 Å². The van der Waals surface area contributed by atoms with Gasteiger partial charge in [0.05, 0.1) is 11.3 Å². The van der Waals surface area contributed by atoms with Crippen molar-refractivity contribution in [1.82, 2.24) is 0 Å². The number of halogens is 4. The molecule has 7 heteroatoms. The van der Waals surface area contributed by atoms with Crippen molar-refractivity contribution in [3.63, 3.8) is 0 Å². The Morgan fingerprint density at radius 3 is 2.35 bits per heavy atom. The van der Waals surface area contributed by atoms with Gasteiger partial charge in [0.1, 0.15) is 0 Å². The maximum absolute atomic E-state index is 12.3. The Morgan fingerprint density at radius 1 is 1.29 bits per heavy atom. The first-order valence-corrected chi connectivity index (χ1v) is 4.78. The molecule has 0 unspecified atom stereocenters. The average molecular weight is 266 g/mol. The maximum atomic E-state index is 12.3. The highest BCUT2D eigenvalue weighted by Crippen LogP contribution is 2.28. The number of Topliss-reactive ketones (excluding diaryl/α,β-unsaturated/α-hetero) is 1. The van der Waals surface area contributed by atoms with E-state index >= 15 is 0 Å². The largest absolute Gasteiger partial charge is 0.454 e. The number of ketones is 1. The van der Waals surface area contributed by atoms with E-state index in [4.69, 9.17) is 11.6 Å². The molecule has 1 amide bonds. The van der Waals surface area contributed by atoms with Gasteiger partial charge in [0.15, 0.2) is 0 Å². The topological polar surface area (TPSA) is 46.2 Å². The predicted octanol–water partition coefficient (Wildman–Crippen LogP) is 3.04. The normalized spacial score (nSPS) is 11.1. The maximum Gasteiger partial charge on any atom is 0.454 e. The zero-order chi connectivity index (χ0) is 13.2. The van der Waals surface area contributed by atoms with Crippen LogP contribution in [-0.2, 0) is 4.79 Å². The van der Waals surface area contributed by atoms with E-state index in [1.807, 2.05) is 0 Å². The van der Waals surface area contributed by atoms with Crippen molar-refractivity contribution < 1.29 is 22.8 Å². The van der Waals surface area contributed by atoms with E-state index in [0.29, 0.717) is 0 Å². The lowest BCUT2D eigenvalue weighted by Crippen LogP contribution is -2.24. The van der Waals surface area contributed by atoms with Crippen molar-refractivity contribution in [2.75, 3.05) is 5.32 Å². The Balaban J connectivity index is 3.25.